The highest BCUT2D eigenvalue weighted by atomic mass is 35.5. The van der Waals surface area contributed by atoms with Crippen molar-refractivity contribution in [3.8, 4) is 11.3 Å². The van der Waals surface area contributed by atoms with Crippen LogP contribution in [0.4, 0.5) is 10.8 Å². The molecule has 4 aromatic rings. The molecule has 3 aromatic carbocycles. The molecule has 2 aliphatic rings. The molecule has 8 heteroatoms. The van der Waals surface area contributed by atoms with Gasteiger partial charge in [0.2, 0.25) is 5.13 Å². The van der Waals surface area contributed by atoms with E-state index in [1.807, 2.05) is 36.4 Å². The summed E-state index contributed by atoms with van der Waals surface area (Å²) in [5.41, 5.74) is 6.51. The Morgan fingerprint density at radius 2 is 1.44 bits per heavy atom. The number of rotatable bonds is 5. The molecule has 0 amide bonds. The third kappa shape index (κ3) is 4.87. The van der Waals surface area contributed by atoms with Crippen molar-refractivity contribution in [1.29, 1.82) is 0 Å². The first kappa shape index (κ1) is 23.5. The summed E-state index contributed by atoms with van der Waals surface area (Å²) >= 11 is 13.9. The van der Waals surface area contributed by atoms with E-state index in [0.29, 0.717) is 5.02 Å². The number of hydrogen-bond acceptors (Lipinski definition) is 6. The van der Waals surface area contributed by atoms with Crippen LogP contribution in [0.25, 0.3) is 11.3 Å². The van der Waals surface area contributed by atoms with Crippen LogP contribution in [-0.2, 0) is 4.74 Å². The lowest BCUT2D eigenvalue weighted by molar-refractivity contribution is 0.122. The smallest absolute Gasteiger partial charge is 0.207 e. The van der Waals surface area contributed by atoms with Gasteiger partial charge < -0.3 is 9.64 Å². The summed E-state index contributed by atoms with van der Waals surface area (Å²) < 4.78 is 5.49. The molecular weight excluding hydrogens is 511 g/mol. The summed E-state index contributed by atoms with van der Waals surface area (Å²) in [5, 5.41) is 11.5. The normalized spacial score (nSPS) is 17.9. The fourth-order valence-electron chi connectivity index (χ4n) is 4.61. The molecule has 0 N–H and O–H groups in total. The standard InChI is InChI=1S/C28H24Cl2N4OS/c29-22-7-1-20(2-8-22)26-18-36-28(31-26)34-27(21-3-9-23(30)10-4-21)17-25(32-34)19-5-11-24(12-6-19)33-13-15-35-16-14-33/h1-12,18,27H,13-17H2. The van der Waals surface area contributed by atoms with Crippen LogP contribution >= 0.6 is 34.5 Å². The van der Waals surface area contributed by atoms with Gasteiger partial charge >= 0.3 is 0 Å². The summed E-state index contributed by atoms with van der Waals surface area (Å²) in [4.78, 5) is 7.30. The molecule has 1 atom stereocenters. The fraction of sp³-hybridized carbons (Fsp3) is 0.214. The Kier molecular flexibility index (Phi) is 6.67. The number of thiazole rings is 1. The average Bonchev–Trinajstić information content (AvgIpc) is 3.58. The molecule has 1 unspecified atom stereocenters. The molecule has 182 valence electrons. The molecule has 5 nitrogen and oxygen atoms in total. The zero-order valence-electron chi connectivity index (χ0n) is 19.5. The Morgan fingerprint density at radius 1 is 0.806 bits per heavy atom. The first-order chi connectivity index (χ1) is 17.6. The van der Waals surface area contributed by atoms with Gasteiger partial charge in [-0.05, 0) is 47.5 Å². The molecule has 3 heterocycles. The number of hydrogen-bond donors (Lipinski definition) is 0. The van der Waals surface area contributed by atoms with E-state index in [-0.39, 0.29) is 6.04 Å². The maximum absolute atomic E-state index is 6.18. The number of halogens is 2. The number of morpholine rings is 1. The van der Waals surface area contributed by atoms with E-state index in [1.54, 1.807) is 11.3 Å². The average molecular weight is 536 g/mol. The molecule has 0 bridgehead atoms. The van der Waals surface area contributed by atoms with Gasteiger partial charge in [0.25, 0.3) is 0 Å². The lowest BCUT2D eigenvalue weighted by Crippen LogP contribution is -2.36. The van der Waals surface area contributed by atoms with Crippen LogP contribution in [0.15, 0.2) is 83.3 Å². The molecule has 0 aliphatic carbocycles. The lowest BCUT2D eigenvalue weighted by Gasteiger charge is -2.28. The van der Waals surface area contributed by atoms with Crippen LogP contribution in [0, 0.1) is 0 Å². The first-order valence-corrected chi connectivity index (χ1v) is 13.5. The van der Waals surface area contributed by atoms with Gasteiger partial charge in [0, 0.05) is 46.2 Å². The predicted octanol–water partition coefficient (Wildman–Crippen LogP) is 7.31. The monoisotopic (exact) mass is 534 g/mol. The largest absolute Gasteiger partial charge is 0.378 e. The molecule has 6 rings (SSSR count). The van der Waals surface area contributed by atoms with Crippen LogP contribution in [-0.4, -0.2) is 37.0 Å². The van der Waals surface area contributed by atoms with Crippen molar-refractivity contribution in [2.24, 2.45) is 5.10 Å². The first-order valence-electron chi connectivity index (χ1n) is 11.9. The summed E-state index contributed by atoms with van der Waals surface area (Å²) in [6, 6.07) is 24.5. The maximum Gasteiger partial charge on any atom is 0.207 e. The van der Waals surface area contributed by atoms with Crippen molar-refractivity contribution in [3.05, 3.63) is 99.3 Å². The Bertz CT molecular complexity index is 1360. The van der Waals surface area contributed by atoms with Crippen molar-refractivity contribution in [2.45, 2.75) is 12.5 Å². The number of anilines is 2. The number of ether oxygens (including phenoxy) is 1. The van der Waals surface area contributed by atoms with Gasteiger partial charge in [-0.2, -0.15) is 5.10 Å². The number of benzene rings is 3. The van der Waals surface area contributed by atoms with Crippen LogP contribution in [0.3, 0.4) is 0 Å². The Labute approximate surface area is 224 Å². The molecule has 0 saturated carbocycles. The van der Waals surface area contributed by atoms with Crippen LogP contribution < -0.4 is 9.91 Å². The molecular formula is C28H24Cl2N4OS. The Balaban J connectivity index is 1.31. The van der Waals surface area contributed by atoms with Crippen LogP contribution in [0.5, 0.6) is 0 Å². The van der Waals surface area contributed by atoms with E-state index >= 15 is 0 Å². The lowest BCUT2D eigenvalue weighted by atomic mass is 9.98. The second kappa shape index (κ2) is 10.2. The molecule has 1 saturated heterocycles. The third-order valence-electron chi connectivity index (χ3n) is 6.57. The summed E-state index contributed by atoms with van der Waals surface area (Å²) in [7, 11) is 0. The topological polar surface area (TPSA) is 41.0 Å². The zero-order valence-corrected chi connectivity index (χ0v) is 21.8. The van der Waals surface area contributed by atoms with Gasteiger partial charge in [-0.25, -0.2) is 9.99 Å². The molecule has 2 aliphatic heterocycles. The SMILES string of the molecule is Clc1ccc(-c2csc(N3N=C(c4ccc(N5CCOCC5)cc4)CC3c3ccc(Cl)cc3)n2)cc1. The summed E-state index contributed by atoms with van der Waals surface area (Å²) in [6.07, 6.45) is 0.786. The Morgan fingerprint density at radius 3 is 2.14 bits per heavy atom. The number of hydrazone groups is 1. The molecule has 0 spiro atoms. The second-order valence-electron chi connectivity index (χ2n) is 8.83. The van der Waals surface area contributed by atoms with Gasteiger partial charge in [0.05, 0.1) is 30.7 Å². The van der Waals surface area contributed by atoms with E-state index in [2.05, 4.69) is 51.7 Å². The van der Waals surface area contributed by atoms with E-state index < -0.39 is 0 Å². The van der Waals surface area contributed by atoms with Gasteiger partial charge in [-0.1, -0.05) is 59.6 Å². The van der Waals surface area contributed by atoms with Crippen LogP contribution in [0.1, 0.15) is 23.6 Å². The van der Waals surface area contributed by atoms with E-state index in [4.69, 9.17) is 38.0 Å². The highest BCUT2D eigenvalue weighted by Gasteiger charge is 2.32. The molecule has 1 fully saturated rings. The summed E-state index contributed by atoms with van der Waals surface area (Å²) in [6.45, 7) is 3.40. The van der Waals surface area contributed by atoms with Crippen LogP contribution in [0.2, 0.25) is 10.0 Å². The number of aromatic nitrogens is 1. The highest BCUT2D eigenvalue weighted by molar-refractivity contribution is 7.14. The Hall–Kier alpha value is -2.90. The van der Waals surface area contributed by atoms with Crippen molar-refractivity contribution in [1.82, 2.24) is 4.98 Å². The zero-order chi connectivity index (χ0) is 24.5. The van der Waals surface area contributed by atoms with Crippen molar-refractivity contribution in [3.63, 3.8) is 0 Å². The quantitative estimate of drug-likeness (QED) is 0.269. The minimum absolute atomic E-state index is 0.0420. The fourth-order valence-corrected chi connectivity index (χ4v) is 5.70. The van der Waals surface area contributed by atoms with E-state index in [9.17, 15) is 0 Å². The molecule has 0 radical (unpaired) electrons. The predicted molar refractivity (Wildman–Crippen MR) is 150 cm³/mol. The van der Waals surface area contributed by atoms with Gasteiger partial charge in [-0.15, -0.1) is 11.3 Å². The molecule has 36 heavy (non-hydrogen) atoms. The van der Waals surface area contributed by atoms with Gasteiger partial charge in [0.15, 0.2) is 0 Å². The van der Waals surface area contributed by atoms with Crippen molar-refractivity contribution >= 4 is 51.1 Å². The van der Waals surface area contributed by atoms with E-state index in [0.717, 1.165) is 71.0 Å². The molecule has 1 aromatic heterocycles. The summed E-state index contributed by atoms with van der Waals surface area (Å²) in [5.74, 6) is 0. The van der Waals surface area contributed by atoms with Gasteiger partial charge in [-0.3, -0.25) is 0 Å². The van der Waals surface area contributed by atoms with Gasteiger partial charge in [0.1, 0.15) is 0 Å². The minimum atomic E-state index is 0.0420. The minimum Gasteiger partial charge on any atom is -0.378 e. The highest BCUT2D eigenvalue weighted by Crippen LogP contribution is 2.40. The third-order valence-corrected chi connectivity index (χ3v) is 7.90. The number of nitrogens with zero attached hydrogens (tertiary/aromatic N) is 4. The maximum atomic E-state index is 6.18. The second-order valence-corrected chi connectivity index (χ2v) is 10.5. The van der Waals surface area contributed by atoms with E-state index in [1.165, 1.54) is 5.69 Å². The van der Waals surface area contributed by atoms with Crippen molar-refractivity contribution in [2.75, 3.05) is 36.2 Å². The van der Waals surface area contributed by atoms with Crippen molar-refractivity contribution < 1.29 is 4.74 Å².